The monoisotopic (exact) mass is 465 g/mol. The number of anilines is 1. The van der Waals surface area contributed by atoms with Crippen molar-refractivity contribution in [2.45, 2.75) is 39.8 Å². The molecule has 168 valence electrons. The number of amides is 2. The average Bonchev–Trinajstić information content (AvgIpc) is 3.36. The SMILES string of the molecule is CCc1c(C(=O)Nc2nnc(C(F)F)s2)nn2c1C(=O)N(Cc1ccc(F)nc1C)CC2. The molecule has 0 radical (unpaired) electrons. The van der Waals surface area contributed by atoms with Crippen LogP contribution in [0.25, 0.3) is 0 Å². The predicted octanol–water partition coefficient (Wildman–Crippen LogP) is 2.99. The summed E-state index contributed by atoms with van der Waals surface area (Å²) >= 11 is 0.570. The largest absolute Gasteiger partial charge is 0.331 e. The third-order valence-corrected chi connectivity index (χ3v) is 5.91. The van der Waals surface area contributed by atoms with Gasteiger partial charge in [-0.25, -0.2) is 13.8 Å². The van der Waals surface area contributed by atoms with Crippen LogP contribution in [0, 0.1) is 12.9 Å². The Kier molecular flexibility index (Phi) is 5.91. The topological polar surface area (TPSA) is 106 Å². The molecular weight excluding hydrogens is 447 g/mol. The van der Waals surface area contributed by atoms with Crippen LogP contribution in [0.2, 0.25) is 0 Å². The number of carbonyl (C=O) groups excluding carboxylic acids is 2. The van der Waals surface area contributed by atoms with E-state index in [4.69, 9.17) is 0 Å². The molecule has 0 saturated heterocycles. The molecule has 3 aromatic heterocycles. The number of alkyl halides is 2. The summed E-state index contributed by atoms with van der Waals surface area (Å²) < 4.78 is 40.2. The van der Waals surface area contributed by atoms with E-state index >= 15 is 0 Å². The number of pyridine rings is 1. The van der Waals surface area contributed by atoms with Crippen molar-refractivity contribution < 1.29 is 22.8 Å². The third kappa shape index (κ3) is 4.07. The average molecular weight is 465 g/mol. The van der Waals surface area contributed by atoms with Gasteiger partial charge in [-0.3, -0.25) is 19.6 Å². The summed E-state index contributed by atoms with van der Waals surface area (Å²) in [7, 11) is 0. The molecule has 0 atom stereocenters. The maximum absolute atomic E-state index is 13.3. The highest BCUT2D eigenvalue weighted by Crippen LogP contribution is 2.27. The number of fused-ring (bicyclic) bond motifs is 1. The minimum absolute atomic E-state index is 0.0335. The summed E-state index contributed by atoms with van der Waals surface area (Å²) in [6.45, 7) is 4.42. The van der Waals surface area contributed by atoms with Crippen molar-refractivity contribution in [1.82, 2.24) is 29.9 Å². The van der Waals surface area contributed by atoms with Crippen molar-refractivity contribution in [2.75, 3.05) is 11.9 Å². The number of nitrogens with one attached hydrogen (secondary N) is 1. The summed E-state index contributed by atoms with van der Waals surface area (Å²) in [5.41, 5.74) is 1.99. The maximum Gasteiger partial charge on any atom is 0.291 e. The van der Waals surface area contributed by atoms with Crippen LogP contribution in [0.1, 0.15) is 56.2 Å². The summed E-state index contributed by atoms with van der Waals surface area (Å²) in [5, 5.41) is 13.0. The molecule has 2 amide bonds. The quantitative estimate of drug-likeness (QED) is 0.561. The van der Waals surface area contributed by atoms with E-state index in [1.54, 1.807) is 24.8 Å². The molecular formula is C19H18F3N7O2S. The third-order valence-electron chi connectivity index (χ3n) is 5.06. The molecule has 0 fully saturated rings. The molecule has 0 unspecified atom stereocenters. The Morgan fingerprint density at radius 1 is 1.28 bits per heavy atom. The maximum atomic E-state index is 13.3. The van der Waals surface area contributed by atoms with Gasteiger partial charge in [0.25, 0.3) is 18.2 Å². The van der Waals surface area contributed by atoms with Gasteiger partial charge in [0.2, 0.25) is 11.1 Å². The lowest BCUT2D eigenvalue weighted by molar-refractivity contribution is 0.0681. The highest BCUT2D eigenvalue weighted by molar-refractivity contribution is 7.15. The summed E-state index contributed by atoms with van der Waals surface area (Å²) in [6, 6.07) is 2.83. The number of carbonyl (C=O) groups is 2. The molecule has 13 heteroatoms. The van der Waals surface area contributed by atoms with E-state index in [0.717, 1.165) is 5.56 Å². The van der Waals surface area contributed by atoms with Gasteiger partial charge in [0.05, 0.1) is 6.54 Å². The van der Waals surface area contributed by atoms with Crippen LogP contribution in [0.15, 0.2) is 12.1 Å². The van der Waals surface area contributed by atoms with Gasteiger partial charge in [0, 0.05) is 24.3 Å². The highest BCUT2D eigenvalue weighted by atomic mass is 32.1. The second-order valence-corrected chi connectivity index (χ2v) is 8.07. The minimum Gasteiger partial charge on any atom is -0.331 e. The van der Waals surface area contributed by atoms with Crippen molar-refractivity contribution in [3.8, 4) is 0 Å². The summed E-state index contributed by atoms with van der Waals surface area (Å²) in [4.78, 5) is 31.3. The van der Waals surface area contributed by atoms with Crippen LogP contribution in [0.4, 0.5) is 18.3 Å². The number of halogens is 3. The van der Waals surface area contributed by atoms with Crippen LogP contribution >= 0.6 is 11.3 Å². The van der Waals surface area contributed by atoms with E-state index < -0.39 is 23.3 Å². The second kappa shape index (κ2) is 8.65. The molecule has 0 spiro atoms. The molecule has 32 heavy (non-hydrogen) atoms. The fraction of sp³-hybridized carbons (Fsp3) is 0.368. The van der Waals surface area contributed by atoms with Crippen molar-refractivity contribution in [3.05, 3.63) is 51.3 Å². The van der Waals surface area contributed by atoms with E-state index in [1.165, 1.54) is 10.7 Å². The first kappa shape index (κ1) is 21.9. The molecule has 9 nitrogen and oxygen atoms in total. The Hall–Kier alpha value is -3.35. The zero-order chi connectivity index (χ0) is 23.0. The minimum atomic E-state index is -2.78. The number of nitrogens with zero attached hydrogens (tertiary/aromatic N) is 6. The molecule has 4 rings (SSSR count). The Labute approximate surface area is 184 Å². The van der Waals surface area contributed by atoms with Crippen LogP contribution < -0.4 is 5.32 Å². The van der Waals surface area contributed by atoms with Gasteiger partial charge in [-0.15, -0.1) is 10.2 Å². The number of hydrogen-bond donors (Lipinski definition) is 1. The zero-order valence-corrected chi connectivity index (χ0v) is 17.9. The van der Waals surface area contributed by atoms with E-state index in [9.17, 15) is 22.8 Å². The van der Waals surface area contributed by atoms with Gasteiger partial charge in [-0.05, 0) is 25.0 Å². The molecule has 0 saturated carbocycles. The predicted molar refractivity (Wildman–Crippen MR) is 108 cm³/mol. The fourth-order valence-electron chi connectivity index (χ4n) is 3.50. The Balaban J connectivity index is 1.58. The van der Waals surface area contributed by atoms with Crippen LogP contribution in [0.5, 0.6) is 0 Å². The van der Waals surface area contributed by atoms with Crippen molar-refractivity contribution in [1.29, 1.82) is 0 Å². The van der Waals surface area contributed by atoms with Gasteiger partial charge in [0.15, 0.2) is 10.7 Å². The Morgan fingerprint density at radius 2 is 2.06 bits per heavy atom. The van der Waals surface area contributed by atoms with Crippen LogP contribution in [0.3, 0.4) is 0 Å². The first-order valence-corrected chi connectivity index (χ1v) is 10.5. The van der Waals surface area contributed by atoms with Crippen molar-refractivity contribution in [3.63, 3.8) is 0 Å². The first-order valence-electron chi connectivity index (χ1n) is 9.72. The lowest BCUT2D eigenvalue weighted by atomic mass is 10.1. The normalized spacial score (nSPS) is 13.6. The summed E-state index contributed by atoms with van der Waals surface area (Å²) in [6.07, 6.45) is -2.43. The molecule has 0 bridgehead atoms. The van der Waals surface area contributed by atoms with Crippen molar-refractivity contribution >= 4 is 28.3 Å². The second-order valence-electron chi connectivity index (χ2n) is 7.06. The molecule has 0 aliphatic carbocycles. The number of aromatic nitrogens is 5. The van der Waals surface area contributed by atoms with Crippen LogP contribution in [-0.4, -0.2) is 48.2 Å². The molecule has 1 aliphatic heterocycles. The standard InChI is InChI=1S/C19H18F3N7O2S/c1-3-11-13(16(30)24-19-26-25-17(32-19)15(21)22)27-29-7-6-28(18(31)14(11)29)8-10-4-5-12(20)23-9(10)2/h4-5,15H,3,6-8H2,1-2H3,(H,24,26,30). The lowest BCUT2D eigenvalue weighted by Gasteiger charge is -2.28. The number of aryl methyl sites for hydroxylation is 1. The van der Waals surface area contributed by atoms with Gasteiger partial charge >= 0.3 is 0 Å². The smallest absolute Gasteiger partial charge is 0.291 e. The zero-order valence-electron chi connectivity index (χ0n) is 17.1. The van der Waals surface area contributed by atoms with E-state index in [2.05, 4.69) is 25.6 Å². The van der Waals surface area contributed by atoms with Crippen LogP contribution in [-0.2, 0) is 19.5 Å². The molecule has 3 aromatic rings. The highest BCUT2D eigenvalue weighted by Gasteiger charge is 2.33. The number of hydrogen-bond acceptors (Lipinski definition) is 7. The lowest BCUT2D eigenvalue weighted by Crippen LogP contribution is -2.40. The molecule has 0 aromatic carbocycles. The van der Waals surface area contributed by atoms with Crippen molar-refractivity contribution in [2.24, 2.45) is 0 Å². The molecule has 1 N–H and O–H groups in total. The van der Waals surface area contributed by atoms with Gasteiger partial charge in [-0.1, -0.05) is 24.3 Å². The van der Waals surface area contributed by atoms with E-state index in [-0.39, 0.29) is 23.3 Å². The van der Waals surface area contributed by atoms with E-state index in [1.807, 2.05) is 0 Å². The number of rotatable bonds is 6. The van der Waals surface area contributed by atoms with E-state index in [0.29, 0.717) is 47.8 Å². The van der Waals surface area contributed by atoms with Gasteiger partial charge in [0.1, 0.15) is 5.69 Å². The molecule has 4 heterocycles. The Bertz CT molecular complexity index is 1190. The Morgan fingerprint density at radius 3 is 2.72 bits per heavy atom. The first-order chi connectivity index (χ1) is 15.3. The molecule has 1 aliphatic rings. The fourth-order valence-corrected chi connectivity index (χ4v) is 4.09. The van der Waals surface area contributed by atoms with Gasteiger partial charge < -0.3 is 4.90 Å². The van der Waals surface area contributed by atoms with Gasteiger partial charge in [-0.2, -0.15) is 9.49 Å². The summed E-state index contributed by atoms with van der Waals surface area (Å²) in [5.74, 6) is -1.55.